The van der Waals surface area contributed by atoms with Crippen LogP contribution in [0.15, 0.2) is 53.0 Å². The first-order chi connectivity index (χ1) is 8.89. The monoisotopic (exact) mass is 336 g/mol. The molecule has 0 saturated carbocycles. The third-order valence-electron chi connectivity index (χ3n) is 3.20. The molecule has 0 N–H and O–H groups in total. The highest BCUT2D eigenvalue weighted by molar-refractivity contribution is 9.10. The summed E-state index contributed by atoms with van der Waals surface area (Å²) in [4.78, 5) is 0. The third-order valence-corrected chi connectivity index (χ3v) is 4.22. The lowest BCUT2D eigenvalue weighted by atomic mass is 9.82. The van der Waals surface area contributed by atoms with E-state index in [-0.39, 0.29) is 10.8 Å². The molecule has 2 aromatic rings. The smallest absolute Gasteiger partial charge is 0.0838 e. The Hall–Kier alpha value is -0.790. The lowest BCUT2D eigenvalue weighted by molar-refractivity contribution is 0.583. The first kappa shape index (κ1) is 14.6. The Morgan fingerprint density at radius 2 is 1.53 bits per heavy atom. The summed E-state index contributed by atoms with van der Waals surface area (Å²) in [5.41, 5.74) is 3.72. The topological polar surface area (TPSA) is 0 Å². The number of halogens is 2. The predicted octanol–water partition coefficient (Wildman–Crippen LogP) is 6.07. The van der Waals surface area contributed by atoms with Gasteiger partial charge in [0, 0.05) is 4.47 Å². The fourth-order valence-electron chi connectivity index (χ4n) is 2.21. The van der Waals surface area contributed by atoms with E-state index < -0.39 is 0 Å². The number of alkyl halides is 1. The van der Waals surface area contributed by atoms with Gasteiger partial charge in [0.1, 0.15) is 0 Å². The van der Waals surface area contributed by atoms with Crippen molar-refractivity contribution in [1.82, 2.24) is 0 Å². The van der Waals surface area contributed by atoms with Crippen LogP contribution < -0.4 is 0 Å². The lowest BCUT2D eigenvalue weighted by Crippen LogP contribution is -2.15. The quantitative estimate of drug-likeness (QED) is 0.583. The van der Waals surface area contributed by atoms with Gasteiger partial charge in [-0.2, -0.15) is 0 Å². The lowest BCUT2D eigenvalue weighted by Gasteiger charge is -2.25. The van der Waals surface area contributed by atoms with Crippen molar-refractivity contribution in [2.45, 2.75) is 31.6 Å². The molecular formula is C17H18BrCl. The molecule has 1 atom stereocenters. The molecule has 0 heterocycles. The van der Waals surface area contributed by atoms with E-state index in [4.69, 9.17) is 11.6 Å². The molecule has 0 aliphatic rings. The van der Waals surface area contributed by atoms with Crippen molar-refractivity contribution in [3.63, 3.8) is 0 Å². The first-order valence-corrected chi connectivity index (χ1v) is 7.61. The van der Waals surface area contributed by atoms with Crippen molar-refractivity contribution in [3.05, 3.63) is 69.7 Å². The van der Waals surface area contributed by atoms with Crippen molar-refractivity contribution < 1.29 is 0 Å². The average Bonchev–Trinajstić information content (AvgIpc) is 2.38. The van der Waals surface area contributed by atoms with Gasteiger partial charge in [0.15, 0.2) is 0 Å². The minimum Gasteiger partial charge on any atom is -0.113 e. The molecule has 1 unspecified atom stereocenters. The number of hydrogen-bond acceptors (Lipinski definition) is 0. The van der Waals surface area contributed by atoms with Gasteiger partial charge in [0.2, 0.25) is 0 Å². The molecule has 0 aromatic heterocycles. The molecule has 2 aromatic carbocycles. The molecule has 0 radical (unpaired) electrons. The second-order valence-electron chi connectivity index (χ2n) is 5.75. The Kier molecular flexibility index (Phi) is 4.37. The second kappa shape index (κ2) is 5.68. The summed E-state index contributed by atoms with van der Waals surface area (Å²) in [6, 6.07) is 16.6. The minimum absolute atomic E-state index is 0.0963. The molecule has 2 heteroatoms. The van der Waals surface area contributed by atoms with Gasteiger partial charge in [0.05, 0.1) is 5.38 Å². The van der Waals surface area contributed by atoms with E-state index in [0.717, 1.165) is 10.0 Å². The van der Waals surface area contributed by atoms with Gasteiger partial charge in [-0.3, -0.25) is 0 Å². The van der Waals surface area contributed by atoms with Crippen LogP contribution >= 0.6 is 27.5 Å². The van der Waals surface area contributed by atoms with E-state index in [0.29, 0.717) is 0 Å². The van der Waals surface area contributed by atoms with Crippen LogP contribution in [0.5, 0.6) is 0 Å². The van der Waals surface area contributed by atoms with Crippen molar-refractivity contribution >= 4 is 27.5 Å². The molecule has 0 saturated heterocycles. The van der Waals surface area contributed by atoms with E-state index >= 15 is 0 Å². The summed E-state index contributed by atoms with van der Waals surface area (Å²) in [6.45, 7) is 6.66. The molecular weight excluding hydrogens is 320 g/mol. The zero-order chi connectivity index (χ0) is 14.0. The molecule has 0 amide bonds. The second-order valence-corrected chi connectivity index (χ2v) is 7.10. The molecule has 2 rings (SSSR count). The Labute approximate surface area is 128 Å². The fraction of sp³-hybridized carbons (Fsp3) is 0.294. The van der Waals surface area contributed by atoms with Crippen LogP contribution in [0.1, 0.15) is 42.8 Å². The van der Waals surface area contributed by atoms with Crippen LogP contribution in [0.4, 0.5) is 0 Å². The maximum Gasteiger partial charge on any atom is 0.0838 e. The Bertz CT molecular complexity index is 552. The summed E-state index contributed by atoms with van der Waals surface area (Å²) in [6.07, 6.45) is 0. The summed E-state index contributed by atoms with van der Waals surface area (Å²) in [7, 11) is 0. The SMILES string of the molecule is CC(C)(C)c1ccccc1C(Cl)c1ccc(Br)cc1. The summed E-state index contributed by atoms with van der Waals surface area (Å²) in [5, 5.41) is -0.108. The van der Waals surface area contributed by atoms with E-state index in [9.17, 15) is 0 Å². The molecule has 19 heavy (non-hydrogen) atoms. The normalized spacial score (nSPS) is 13.3. The Morgan fingerprint density at radius 1 is 0.947 bits per heavy atom. The molecule has 0 aliphatic carbocycles. The van der Waals surface area contributed by atoms with Gasteiger partial charge in [-0.15, -0.1) is 11.6 Å². The van der Waals surface area contributed by atoms with Crippen molar-refractivity contribution in [2.75, 3.05) is 0 Å². The number of benzene rings is 2. The van der Waals surface area contributed by atoms with Gasteiger partial charge in [-0.05, 0) is 34.2 Å². The highest BCUT2D eigenvalue weighted by atomic mass is 79.9. The van der Waals surface area contributed by atoms with Crippen LogP contribution in [-0.2, 0) is 5.41 Å². The summed E-state index contributed by atoms with van der Waals surface area (Å²) < 4.78 is 1.07. The van der Waals surface area contributed by atoms with E-state index in [1.165, 1.54) is 11.1 Å². The molecule has 0 spiro atoms. The molecule has 100 valence electrons. The van der Waals surface area contributed by atoms with E-state index in [2.05, 4.69) is 73.1 Å². The van der Waals surface area contributed by atoms with Crippen LogP contribution in [0.2, 0.25) is 0 Å². The minimum atomic E-state index is -0.108. The van der Waals surface area contributed by atoms with E-state index in [1.807, 2.05) is 12.1 Å². The first-order valence-electron chi connectivity index (χ1n) is 6.38. The van der Waals surface area contributed by atoms with Crippen LogP contribution in [0.3, 0.4) is 0 Å². The maximum atomic E-state index is 6.68. The molecule has 0 aliphatic heterocycles. The van der Waals surface area contributed by atoms with Gasteiger partial charge < -0.3 is 0 Å². The van der Waals surface area contributed by atoms with E-state index in [1.54, 1.807) is 0 Å². The van der Waals surface area contributed by atoms with Crippen molar-refractivity contribution in [2.24, 2.45) is 0 Å². The van der Waals surface area contributed by atoms with Gasteiger partial charge in [0.25, 0.3) is 0 Å². The van der Waals surface area contributed by atoms with Gasteiger partial charge in [-0.1, -0.05) is 73.1 Å². The summed E-state index contributed by atoms with van der Waals surface area (Å²) in [5.74, 6) is 0. The largest absolute Gasteiger partial charge is 0.113 e. The van der Waals surface area contributed by atoms with Gasteiger partial charge >= 0.3 is 0 Å². The zero-order valence-electron chi connectivity index (χ0n) is 11.5. The average molecular weight is 338 g/mol. The Morgan fingerprint density at radius 3 is 2.11 bits per heavy atom. The summed E-state index contributed by atoms with van der Waals surface area (Å²) >= 11 is 10.1. The molecule has 0 fully saturated rings. The fourth-order valence-corrected chi connectivity index (χ4v) is 2.81. The molecule has 0 nitrogen and oxygen atoms in total. The van der Waals surface area contributed by atoms with Crippen LogP contribution in [-0.4, -0.2) is 0 Å². The van der Waals surface area contributed by atoms with Crippen molar-refractivity contribution in [3.8, 4) is 0 Å². The highest BCUT2D eigenvalue weighted by Gasteiger charge is 2.22. The number of hydrogen-bond donors (Lipinski definition) is 0. The standard InChI is InChI=1S/C17H18BrCl/c1-17(2,3)15-7-5-4-6-14(15)16(19)12-8-10-13(18)11-9-12/h4-11,16H,1-3H3. The third kappa shape index (κ3) is 3.40. The number of rotatable bonds is 2. The van der Waals surface area contributed by atoms with Crippen molar-refractivity contribution in [1.29, 1.82) is 0 Å². The van der Waals surface area contributed by atoms with Crippen LogP contribution in [0.25, 0.3) is 0 Å². The predicted molar refractivity (Wildman–Crippen MR) is 87.0 cm³/mol. The highest BCUT2D eigenvalue weighted by Crippen LogP contribution is 2.36. The van der Waals surface area contributed by atoms with Gasteiger partial charge in [-0.25, -0.2) is 0 Å². The maximum absolute atomic E-state index is 6.68. The molecule has 0 bridgehead atoms. The van der Waals surface area contributed by atoms with Crippen LogP contribution in [0, 0.1) is 0 Å². The Balaban J connectivity index is 2.44. The zero-order valence-corrected chi connectivity index (χ0v) is 13.8.